The molecule has 31 heavy (non-hydrogen) atoms. The number of carbonyl (C=O) groups is 1. The molecule has 0 atom stereocenters. The first-order chi connectivity index (χ1) is 14.4. The van der Waals surface area contributed by atoms with Crippen molar-refractivity contribution in [3.63, 3.8) is 0 Å². The van der Waals surface area contributed by atoms with Crippen molar-refractivity contribution in [1.82, 2.24) is 10.6 Å². The lowest BCUT2D eigenvalue weighted by Gasteiger charge is -2.19. The largest absolute Gasteiger partial charge is 0.496 e. The highest BCUT2D eigenvalue weighted by atomic mass is 32.2. The summed E-state index contributed by atoms with van der Waals surface area (Å²) in [5, 5.41) is 5.63. The minimum Gasteiger partial charge on any atom is -0.496 e. The van der Waals surface area contributed by atoms with E-state index in [9.17, 15) is 13.2 Å². The van der Waals surface area contributed by atoms with Gasteiger partial charge in [-0.2, -0.15) is 0 Å². The molecule has 2 aromatic carbocycles. The summed E-state index contributed by atoms with van der Waals surface area (Å²) < 4.78 is 30.9. The zero-order valence-electron chi connectivity index (χ0n) is 18.7. The van der Waals surface area contributed by atoms with Crippen molar-refractivity contribution in [3.05, 3.63) is 65.2 Å². The van der Waals surface area contributed by atoms with Crippen molar-refractivity contribution >= 4 is 27.8 Å². The van der Waals surface area contributed by atoms with Crippen molar-refractivity contribution in [2.24, 2.45) is 0 Å². The third kappa shape index (κ3) is 7.32. The van der Waals surface area contributed by atoms with Crippen LogP contribution in [0.4, 0.5) is 10.5 Å². The van der Waals surface area contributed by atoms with Crippen LogP contribution in [0.25, 0.3) is 6.08 Å². The van der Waals surface area contributed by atoms with Gasteiger partial charge in [-0.05, 0) is 28.2 Å². The number of rotatable bonds is 8. The highest BCUT2D eigenvalue weighted by molar-refractivity contribution is 7.92. The second-order valence-electron chi connectivity index (χ2n) is 8.31. The van der Waals surface area contributed by atoms with E-state index in [1.54, 1.807) is 12.1 Å². The summed E-state index contributed by atoms with van der Waals surface area (Å²) in [6.45, 7) is 10.8. The van der Waals surface area contributed by atoms with Gasteiger partial charge in [0, 0.05) is 24.7 Å². The number of urea groups is 1. The molecule has 0 unspecified atom stereocenters. The van der Waals surface area contributed by atoms with Gasteiger partial charge < -0.3 is 15.4 Å². The monoisotopic (exact) mass is 445 g/mol. The van der Waals surface area contributed by atoms with Crippen LogP contribution in [0.1, 0.15) is 43.0 Å². The predicted molar refractivity (Wildman–Crippen MR) is 126 cm³/mol. The van der Waals surface area contributed by atoms with E-state index in [1.165, 1.54) is 18.7 Å². The second-order valence-corrected chi connectivity index (χ2v) is 10.1. The molecule has 2 amide bonds. The Bertz CT molecular complexity index is 1040. The molecule has 0 spiro atoms. The summed E-state index contributed by atoms with van der Waals surface area (Å²) >= 11 is 0. The smallest absolute Gasteiger partial charge is 0.315 e. The molecular formula is C23H31N3O4S. The summed E-state index contributed by atoms with van der Waals surface area (Å²) in [6, 6.07) is 11.1. The van der Waals surface area contributed by atoms with Crippen molar-refractivity contribution < 1.29 is 17.9 Å². The number of ether oxygens (including phenoxy) is 1. The van der Waals surface area contributed by atoms with Crippen LogP contribution in [0.3, 0.4) is 0 Å². The van der Waals surface area contributed by atoms with E-state index < -0.39 is 10.0 Å². The summed E-state index contributed by atoms with van der Waals surface area (Å²) in [7, 11) is -1.97. The maximum absolute atomic E-state index is 12.2. The average molecular weight is 446 g/mol. The molecule has 8 heteroatoms. The highest BCUT2D eigenvalue weighted by Gasteiger charge is 2.14. The Morgan fingerprint density at radius 1 is 1.10 bits per heavy atom. The first-order valence-corrected chi connectivity index (χ1v) is 11.7. The molecule has 7 nitrogen and oxygen atoms in total. The molecule has 0 saturated heterocycles. The second kappa shape index (κ2) is 9.87. The molecule has 0 fully saturated rings. The first kappa shape index (κ1) is 24.3. The molecule has 0 radical (unpaired) electrons. The first-order valence-electron chi connectivity index (χ1n) is 9.85. The summed E-state index contributed by atoms with van der Waals surface area (Å²) in [5.41, 5.74) is 3.97. The molecule has 2 rings (SSSR count). The summed E-state index contributed by atoms with van der Waals surface area (Å²) in [4.78, 5) is 12.2. The lowest BCUT2D eigenvalue weighted by molar-refractivity contribution is 0.240. The number of nitrogens with one attached hydrogen (secondary N) is 3. The van der Waals surface area contributed by atoms with E-state index in [4.69, 9.17) is 4.74 Å². The van der Waals surface area contributed by atoms with Gasteiger partial charge in [0.1, 0.15) is 5.75 Å². The van der Waals surface area contributed by atoms with Crippen LogP contribution in [0.2, 0.25) is 0 Å². The van der Waals surface area contributed by atoms with Gasteiger partial charge in [-0.25, -0.2) is 13.2 Å². The number of carbonyl (C=O) groups excluding carboxylic acids is 1. The zero-order chi connectivity index (χ0) is 23.2. The maximum Gasteiger partial charge on any atom is 0.315 e. The Morgan fingerprint density at radius 3 is 2.23 bits per heavy atom. The fourth-order valence-corrected chi connectivity index (χ4v) is 3.55. The van der Waals surface area contributed by atoms with E-state index in [0.29, 0.717) is 29.1 Å². The number of sulfonamides is 1. The van der Waals surface area contributed by atoms with Crippen LogP contribution in [-0.2, 0) is 28.5 Å². The van der Waals surface area contributed by atoms with Gasteiger partial charge >= 0.3 is 6.03 Å². The van der Waals surface area contributed by atoms with Crippen LogP contribution < -0.4 is 20.1 Å². The van der Waals surface area contributed by atoms with Crippen LogP contribution in [0, 0.1) is 0 Å². The Kier molecular flexibility index (Phi) is 7.73. The van der Waals surface area contributed by atoms with Crippen molar-refractivity contribution in [2.45, 2.75) is 39.3 Å². The standard InChI is InChI=1S/C23H31N3O4S/c1-7-17-12-18(21(30-5)13-20(17)26-31(6,28)29)15-25-22(27)24-14-16-8-10-19(11-9-16)23(2,3)4/h7-13,26H,1,14-15H2,2-6H3,(H2,24,25,27). The number of amides is 2. The van der Waals surface area contributed by atoms with Gasteiger partial charge in [0.25, 0.3) is 0 Å². The van der Waals surface area contributed by atoms with E-state index in [2.05, 4.69) is 54.8 Å². The van der Waals surface area contributed by atoms with Gasteiger partial charge in [0.05, 0.1) is 19.1 Å². The van der Waals surface area contributed by atoms with Gasteiger partial charge in [0.15, 0.2) is 0 Å². The molecule has 168 valence electrons. The zero-order valence-corrected chi connectivity index (χ0v) is 19.5. The minimum atomic E-state index is -3.45. The molecule has 0 saturated carbocycles. The van der Waals surface area contributed by atoms with Gasteiger partial charge in [0.2, 0.25) is 10.0 Å². The van der Waals surface area contributed by atoms with Gasteiger partial charge in [-0.15, -0.1) is 0 Å². The summed E-state index contributed by atoms with van der Waals surface area (Å²) in [5.74, 6) is 0.454. The van der Waals surface area contributed by atoms with Crippen molar-refractivity contribution in [3.8, 4) is 5.75 Å². The SMILES string of the molecule is C=Cc1cc(CNC(=O)NCc2ccc(C(C)(C)C)cc2)c(OC)cc1NS(C)(=O)=O. The number of benzene rings is 2. The van der Waals surface area contributed by atoms with Gasteiger partial charge in [-0.3, -0.25) is 4.72 Å². The normalized spacial score (nSPS) is 11.5. The van der Waals surface area contributed by atoms with Crippen LogP contribution in [0.5, 0.6) is 5.75 Å². The Balaban J connectivity index is 2.01. The van der Waals surface area contributed by atoms with Crippen molar-refractivity contribution in [2.75, 3.05) is 18.1 Å². The molecule has 0 aliphatic heterocycles. The minimum absolute atomic E-state index is 0.0824. The van der Waals surface area contributed by atoms with E-state index in [-0.39, 0.29) is 18.0 Å². The Labute approximate surface area is 184 Å². The number of hydrogen-bond acceptors (Lipinski definition) is 4. The molecule has 3 N–H and O–H groups in total. The van der Waals surface area contributed by atoms with Crippen LogP contribution in [-0.4, -0.2) is 27.8 Å². The summed E-state index contributed by atoms with van der Waals surface area (Å²) in [6.07, 6.45) is 2.61. The number of anilines is 1. The molecular weight excluding hydrogens is 414 g/mol. The Morgan fingerprint density at radius 2 is 1.71 bits per heavy atom. The highest BCUT2D eigenvalue weighted by Crippen LogP contribution is 2.29. The lowest BCUT2D eigenvalue weighted by Crippen LogP contribution is -2.34. The Hall–Kier alpha value is -3.00. The van der Waals surface area contributed by atoms with E-state index >= 15 is 0 Å². The number of methoxy groups -OCH3 is 1. The predicted octanol–water partition coefficient (Wildman–Crippen LogP) is 4.01. The van der Waals surface area contributed by atoms with Crippen LogP contribution in [0.15, 0.2) is 43.0 Å². The fourth-order valence-electron chi connectivity index (χ4n) is 2.97. The maximum atomic E-state index is 12.2. The number of hydrogen-bond donors (Lipinski definition) is 3. The fraction of sp³-hybridized carbons (Fsp3) is 0.348. The van der Waals surface area contributed by atoms with Crippen LogP contribution >= 0.6 is 0 Å². The molecule has 0 bridgehead atoms. The molecule has 0 aliphatic carbocycles. The van der Waals surface area contributed by atoms with Crippen molar-refractivity contribution in [1.29, 1.82) is 0 Å². The average Bonchev–Trinajstić information content (AvgIpc) is 2.69. The molecule has 2 aromatic rings. The molecule has 0 aliphatic rings. The molecule has 0 aromatic heterocycles. The van der Waals surface area contributed by atoms with E-state index in [1.807, 2.05) is 12.1 Å². The van der Waals surface area contributed by atoms with Gasteiger partial charge in [-0.1, -0.05) is 57.7 Å². The topological polar surface area (TPSA) is 96.5 Å². The lowest BCUT2D eigenvalue weighted by atomic mass is 9.87. The third-order valence-electron chi connectivity index (χ3n) is 4.68. The molecule has 0 heterocycles. The third-order valence-corrected chi connectivity index (χ3v) is 5.27. The quantitative estimate of drug-likeness (QED) is 0.572. The van der Waals surface area contributed by atoms with E-state index in [0.717, 1.165) is 11.8 Å².